The third kappa shape index (κ3) is 3.77. The Kier molecular flexibility index (Phi) is 4.20. The van der Waals surface area contributed by atoms with Crippen molar-refractivity contribution in [3.05, 3.63) is 48.3 Å². The first-order chi connectivity index (χ1) is 9.90. The van der Waals surface area contributed by atoms with Gasteiger partial charge in [0.25, 0.3) is 5.91 Å². The van der Waals surface area contributed by atoms with Crippen molar-refractivity contribution in [2.75, 3.05) is 17.7 Å². The number of nitrogens with two attached hydrogens (primary N) is 1. The van der Waals surface area contributed by atoms with E-state index in [2.05, 4.69) is 15.6 Å². The number of nitrogens with one attached hydrogen (secondary N) is 2. The van der Waals surface area contributed by atoms with E-state index in [-0.39, 0.29) is 10.6 Å². The van der Waals surface area contributed by atoms with Gasteiger partial charge in [0.15, 0.2) is 0 Å². The van der Waals surface area contributed by atoms with Crippen LogP contribution in [0.2, 0.25) is 0 Å². The highest BCUT2D eigenvalue weighted by Gasteiger charge is 2.11. The van der Waals surface area contributed by atoms with Crippen LogP contribution in [0.3, 0.4) is 0 Å². The second kappa shape index (κ2) is 5.90. The molecule has 0 unspecified atom stereocenters. The Bertz CT molecular complexity index is 774. The molecule has 0 fully saturated rings. The van der Waals surface area contributed by atoms with Crippen molar-refractivity contribution in [2.24, 2.45) is 5.14 Å². The minimum absolute atomic E-state index is 0.0720. The van der Waals surface area contributed by atoms with Gasteiger partial charge in [0, 0.05) is 24.6 Å². The van der Waals surface area contributed by atoms with Crippen LogP contribution in [0.1, 0.15) is 10.5 Å². The predicted octanol–water partition coefficient (Wildman–Crippen LogP) is 1.02. The van der Waals surface area contributed by atoms with Crippen LogP contribution in [0.25, 0.3) is 0 Å². The van der Waals surface area contributed by atoms with Crippen molar-refractivity contribution < 1.29 is 13.2 Å². The molecule has 7 nitrogen and oxygen atoms in total. The molecule has 21 heavy (non-hydrogen) atoms. The number of nitrogens with zero attached hydrogens (tertiary/aromatic N) is 1. The molecule has 0 aliphatic rings. The smallest absolute Gasteiger partial charge is 0.274 e. The summed E-state index contributed by atoms with van der Waals surface area (Å²) in [5, 5.41) is 10.5. The minimum Gasteiger partial charge on any atom is -0.388 e. The lowest BCUT2D eigenvalue weighted by Crippen LogP contribution is -2.15. The molecule has 2 aromatic rings. The van der Waals surface area contributed by atoms with E-state index in [1.807, 2.05) is 0 Å². The van der Waals surface area contributed by atoms with Crippen LogP contribution in [0.5, 0.6) is 0 Å². The summed E-state index contributed by atoms with van der Waals surface area (Å²) < 4.78 is 22.5. The van der Waals surface area contributed by atoms with Crippen LogP contribution < -0.4 is 15.8 Å². The molecule has 0 bridgehead atoms. The quantitative estimate of drug-likeness (QED) is 0.780. The summed E-state index contributed by atoms with van der Waals surface area (Å²) in [7, 11) is -2.08. The normalized spacial score (nSPS) is 11.0. The number of benzene rings is 1. The Labute approximate surface area is 122 Å². The van der Waals surface area contributed by atoms with Gasteiger partial charge in [-0.1, -0.05) is 6.07 Å². The lowest BCUT2D eigenvalue weighted by Gasteiger charge is -2.07. The maximum Gasteiger partial charge on any atom is 0.274 e. The molecule has 0 radical (unpaired) electrons. The second-order valence-corrected chi connectivity index (χ2v) is 5.77. The number of aromatic nitrogens is 1. The number of anilines is 2. The van der Waals surface area contributed by atoms with Crippen molar-refractivity contribution in [2.45, 2.75) is 4.90 Å². The van der Waals surface area contributed by atoms with Gasteiger partial charge in [-0.15, -0.1) is 0 Å². The Hall–Kier alpha value is -2.45. The van der Waals surface area contributed by atoms with Gasteiger partial charge in [0.2, 0.25) is 10.0 Å². The van der Waals surface area contributed by atoms with E-state index in [9.17, 15) is 13.2 Å². The molecule has 0 saturated heterocycles. The molecule has 0 aliphatic heterocycles. The molecule has 0 aliphatic carbocycles. The number of pyridine rings is 1. The molecule has 0 atom stereocenters. The molecule has 1 amide bonds. The summed E-state index contributed by atoms with van der Waals surface area (Å²) in [4.78, 5) is 15.9. The first kappa shape index (κ1) is 14.9. The molecule has 2 rings (SSSR count). The highest BCUT2D eigenvalue weighted by molar-refractivity contribution is 7.89. The summed E-state index contributed by atoms with van der Waals surface area (Å²) in [5.41, 5.74) is 1.28. The highest BCUT2D eigenvalue weighted by atomic mass is 32.2. The minimum atomic E-state index is -3.81. The van der Waals surface area contributed by atoms with Crippen molar-refractivity contribution in [1.29, 1.82) is 0 Å². The topological polar surface area (TPSA) is 114 Å². The van der Waals surface area contributed by atoms with E-state index in [0.717, 1.165) is 5.69 Å². The fraction of sp³-hybridized carbons (Fsp3) is 0.0769. The Morgan fingerprint density at radius 2 is 1.95 bits per heavy atom. The van der Waals surface area contributed by atoms with Gasteiger partial charge in [0.1, 0.15) is 5.69 Å². The van der Waals surface area contributed by atoms with Crippen LogP contribution in [0.15, 0.2) is 47.5 Å². The standard InChI is InChI=1S/C13H14N4O3S/c1-15-9-5-6-16-12(8-9)13(18)17-10-3-2-4-11(7-10)21(14,19)20/h2-8H,1H3,(H,15,16)(H,17,18)(H2,14,19,20). The summed E-state index contributed by atoms with van der Waals surface area (Å²) >= 11 is 0. The van der Waals surface area contributed by atoms with Crippen LogP contribution in [0.4, 0.5) is 11.4 Å². The van der Waals surface area contributed by atoms with Gasteiger partial charge in [0.05, 0.1) is 4.90 Å². The summed E-state index contributed by atoms with van der Waals surface area (Å²) in [6, 6.07) is 9.00. The van der Waals surface area contributed by atoms with Crippen LogP contribution in [-0.2, 0) is 10.0 Å². The molecule has 0 saturated carbocycles. The molecule has 8 heteroatoms. The molecule has 1 heterocycles. The molecular weight excluding hydrogens is 292 g/mol. The third-order valence-corrected chi connectivity index (χ3v) is 3.61. The largest absolute Gasteiger partial charge is 0.388 e. The maximum atomic E-state index is 12.1. The van der Waals surface area contributed by atoms with Gasteiger partial charge < -0.3 is 10.6 Å². The van der Waals surface area contributed by atoms with Gasteiger partial charge in [-0.3, -0.25) is 9.78 Å². The zero-order chi connectivity index (χ0) is 15.5. The van der Waals surface area contributed by atoms with Crippen LogP contribution in [0, 0.1) is 0 Å². The molecule has 0 spiro atoms. The van der Waals surface area contributed by atoms with Gasteiger partial charge in [-0.05, 0) is 30.3 Å². The summed E-state index contributed by atoms with van der Waals surface area (Å²) in [6.07, 6.45) is 1.50. The molecule has 110 valence electrons. The summed E-state index contributed by atoms with van der Waals surface area (Å²) in [5.74, 6) is -0.446. The zero-order valence-corrected chi connectivity index (χ0v) is 12.0. The average Bonchev–Trinajstić information content (AvgIpc) is 2.46. The van der Waals surface area contributed by atoms with Crippen molar-refractivity contribution in [3.63, 3.8) is 0 Å². The van der Waals surface area contributed by atoms with E-state index >= 15 is 0 Å². The van der Waals surface area contributed by atoms with Crippen LogP contribution in [-0.4, -0.2) is 26.4 Å². The van der Waals surface area contributed by atoms with E-state index < -0.39 is 15.9 Å². The SMILES string of the molecule is CNc1ccnc(C(=O)Nc2cccc(S(N)(=O)=O)c2)c1. The monoisotopic (exact) mass is 306 g/mol. The lowest BCUT2D eigenvalue weighted by molar-refractivity contribution is 0.102. The summed E-state index contributed by atoms with van der Waals surface area (Å²) in [6.45, 7) is 0. The number of amides is 1. The average molecular weight is 306 g/mol. The third-order valence-electron chi connectivity index (χ3n) is 2.70. The van der Waals surface area contributed by atoms with E-state index in [0.29, 0.717) is 5.69 Å². The second-order valence-electron chi connectivity index (χ2n) is 4.21. The van der Waals surface area contributed by atoms with Crippen LogP contribution >= 0.6 is 0 Å². The molecule has 4 N–H and O–H groups in total. The number of hydrogen-bond donors (Lipinski definition) is 3. The Balaban J connectivity index is 2.23. The molecule has 1 aromatic carbocycles. The van der Waals surface area contributed by atoms with Gasteiger partial charge in [-0.25, -0.2) is 13.6 Å². The zero-order valence-electron chi connectivity index (χ0n) is 11.2. The lowest BCUT2D eigenvalue weighted by atomic mass is 10.2. The maximum absolute atomic E-state index is 12.1. The van der Waals surface area contributed by atoms with Gasteiger partial charge in [-0.2, -0.15) is 0 Å². The molecule has 1 aromatic heterocycles. The van der Waals surface area contributed by atoms with E-state index in [1.54, 1.807) is 25.2 Å². The molecular formula is C13H14N4O3S. The van der Waals surface area contributed by atoms with E-state index in [4.69, 9.17) is 5.14 Å². The fourth-order valence-electron chi connectivity index (χ4n) is 1.66. The number of sulfonamides is 1. The highest BCUT2D eigenvalue weighted by Crippen LogP contribution is 2.15. The van der Waals surface area contributed by atoms with Crippen molar-refractivity contribution >= 4 is 27.3 Å². The van der Waals surface area contributed by atoms with Crippen molar-refractivity contribution in [1.82, 2.24) is 4.98 Å². The van der Waals surface area contributed by atoms with E-state index in [1.165, 1.54) is 24.4 Å². The number of rotatable bonds is 4. The first-order valence-electron chi connectivity index (χ1n) is 5.98. The Morgan fingerprint density at radius 1 is 1.19 bits per heavy atom. The van der Waals surface area contributed by atoms with Crippen molar-refractivity contribution in [3.8, 4) is 0 Å². The predicted molar refractivity (Wildman–Crippen MR) is 79.6 cm³/mol. The Morgan fingerprint density at radius 3 is 2.62 bits per heavy atom. The number of carbonyl (C=O) groups excluding carboxylic acids is 1. The fourth-order valence-corrected chi connectivity index (χ4v) is 2.22. The number of carbonyl (C=O) groups is 1. The van der Waals surface area contributed by atoms with Gasteiger partial charge >= 0.3 is 0 Å². The number of primary sulfonamides is 1. The first-order valence-corrected chi connectivity index (χ1v) is 7.53. The number of hydrogen-bond acceptors (Lipinski definition) is 5.